The average molecular weight is 432 g/mol. The molecule has 2 unspecified atom stereocenters. The molecule has 3 N–H and O–H groups in total. The second-order valence-corrected chi connectivity index (χ2v) is 7.99. The van der Waals surface area contributed by atoms with Crippen molar-refractivity contribution in [3.8, 4) is 11.5 Å². The Bertz CT molecular complexity index is 611. The fraction of sp³-hybridized carbons (Fsp3) is 0.538. The van der Waals surface area contributed by atoms with Gasteiger partial charge in [0, 0.05) is 0 Å². The molecule has 13 heteroatoms. The number of aromatic hydroxyl groups is 1. The lowest BCUT2D eigenvalue weighted by atomic mass is 10.3. The van der Waals surface area contributed by atoms with Crippen LogP contribution in [0.2, 0.25) is 0 Å². The fourth-order valence-electron chi connectivity index (χ4n) is 1.47. The van der Waals surface area contributed by atoms with Crippen LogP contribution in [0.5, 0.6) is 11.5 Å². The summed E-state index contributed by atoms with van der Waals surface area (Å²) in [4.78, 5) is 18.8. The highest BCUT2D eigenvalue weighted by atomic mass is 32.1. The first-order valence-corrected chi connectivity index (χ1v) is 11.1. The van der Waals surface area contributed by atoms with Crippen LogP contribution in [-0.4, -0.2) is 53.7 Å². The third-order valence-electron chi connectivity index (χ3n) is 2.58. The van der Waals surface area contributed by atoms with Crippen LogP contribution in [0.1, 0.15) is 6.42 Å². The van der Waals surface area contributed by atoms with Crippen LogP contribution >= 0.6 is 28.3 Å². The molecule has 0 bridgehead atoms. The van der Waals surface area contributed by atoms with E-state index in [4.69, 9.17) is 18.9 Å². The van der Waals surface area contributed by atoms with E-state index in [0.29, 0.717) is 12.2 Å². The zero-order valence-electron chi connectivity index (χ0n) is 13.8. The van der Waals surface area contributed by atoms with Gasteiger partial charge in [-0.1, -0.05) is 0 Å². The highest BCUT2D eigenvalue weighted by Gasteiger charge is 2.23. The number of phenolic OH excluding ortho intramolecular Hbond substituents is 1. The molecule has 2 atom stereocenters. The van der Waals surface area contributed by atoms with Crippen molar-refractivity contribution >= 4 is 28.3 Å². The average Bonchev–Trinajstić information content (AvgIpc) is 2.56. The Hall–Kier alpha value is -0.610. The van der Waals surface area contributed by atoms with Crippen LogP contribution in [0.4, 0.5) is 0 Å². The van der Waals surface area contributed by atoms with E-state index in [2.05, 4.69) is 21.7 Å². The van der Waals surface area contributed by atoms with Crippen molar-refractivity contribution in [1.82, 2.24) is 0 Å². The van der Waals surface area contributed by atoms with E-state index < -0.39 is 15.6 Å². The summed E-state index contributed by atoms with van der Waals surface area (Å²) in [5, 5.41) is 9.11. The summed E-state index contributed by atoms with van der Waals surface area (Å²) in [5.74, 6) is 0.564. The first-order chi connectivity index (χ1) is 12.2. The second-order valence-electron chi connectivity index (χ2n) is 4.71. The summed E-state index contributed by atoms with van der Waals surface area (Å²) in [6, 6.07) is 5.20. The Morgan fingerprint density at radius 2 is 1.38 bits per heavy atom. The molecule has 1 aromatic rings. The molecule has 0 aliphatic rings. The van der Waals surface area contributed by atoms with Crippen LogP contribution in [-0.2, 0) is 27.4 Å². The van der Waals surface area contributed by atoms with Crippen molar-refractivity contribution in [2.75, 3.05) is 38.8 Å². The van der Waals surface area contributed by atoms with Crippen molar-refractivity contribution in [1.29, 1.82) is 0 Å². The van der Waals surface area contributed by atoms with Crippen LogP contribution in [0, 0.1) is 0 Å². The Morgan fingerprint density at radius 3 is 1.96 bits per heavy atom. The van der Waals surface area contributed by atoms with E-state index in [1.165, 1.54) is 24.3 Å². The first-order valence-electron chi connectivity index (χ1n) is 7.50. The molecule has 10 nitrogen and oxygen atoms in total. The standard InChI is InChI=1S/C13H22O10P2S/c14-12-2-4-13(5-3-12)23-25(17,18)22-10-8-19-7-9-21-24(15,16)20-6-1-11-26/h2-5,14,26H,1,6-11H2,(H,15,16)(H,17,18). The first kappa shape index (κ1) is 23.4. The van der Waals surface area contributed by atoms with Gasteiger partial charge in [-0.15, -0.1) is 0 Å². The molecule has 26 heavy (non-hydrogen) atoms. The maximum Gasteiger partial charge on any atom is 0.527 e. The van der Waals surface area contributed by atoms with E-state index in [9.17, 15) is 18.9 Å². The number of rotatable bonds is 14. The van der Waals surface area contributed by atoms with E-state index in [1.807, 2.05) is 0 Å². The van der Waals surface area contributed by atoms with Gasteiger partial charge in [-0.05, 0) is 36.4 Å². The fourth-order valence-corrected chi connectivity index (χ4v) is 3.09. The molecular formula is C13H22O10P2S. The molecule has 0 radical (unpaired) electrons. The molecule has 1 rings (SSSR count). The van der Waals surface area contributed by atoms with Crippen molar-refractivity contribution in [3.05, 3.63) is 24.3 Å². The molecule has 0 saturated heterocycles. The third kappa shape index (κ3) is 11.2. The van der Waals surface area contributed by atoms with E-state index >= 15 is 0 Å². The van der Waals surface area contributed by atoms with Gasteiger partial charge in [0.05, 0.1) is 33.0 Å². The normalized spacial score (nSPS) is 16.0. The van der Waals surface area contributed by atoms with E-state index in [-0.39, 0.29) is 44.5 Å². The van der Waals surface area contributed by atoms with Crippen molar-refractivity contribution < 1.29 is 46.9 Å². The minimum absolute atomic E-state index is 0.0128. The van der Waals surface area contributed by atoms with Gasteiger partial charge in [-0.25, -0.2) is 9.13 Å². The lowest BCUT2D eigenvalue weighted by Gasteiger charge is -2.14. The Kier molecular flexibility index (Phi) is 10.8. The number of phosphoric ester groups is 2. The summed E-state index contributed by atoms with van der Waals surface area (Å²) in [7, 11) is -8.45. The number of phenols is 1. The van der Waals surface area contributed by atoms with Gasteiger partial charge >= 0.3 is 15.6 Å². The molecule has 0 amide bonds. The Balaban J connectivity index is 2.13. The monoisotopic (exact) mass is 432 g/mol. The zero-order valence-corrected chi connectivity index (χ0v) is 16.5. The van der Waals surface area contributed by atoms with Gasteiger partial charge in [-0.2, -0.15) is 12.6 Å². The predicted octanol–water partition coefficient (Wildman–Crippen LogP) is 2.36. The van der Waals surface area contributed by atoms with Crippen LogP contribution < -0.4 is 4.52 Å². The maximum absolute atomic E-state index is 11.7. The molecule has 1 aromatic carbocycles. The van der Waals surface area contributed by atoms with Crippen molar-refractivity contribution in [2.24, 2.45) is 0 Å². The van der Waals surface area contributed by atoms with Gasteiger partial charge in [0.25, 0.3) is 0 Å². The molecule has 0 aliphatic heterocycles. The molecule has 0 aromatic heterocycles. The minimum atomic E-state index is -4.33. The topological polar surface area (TPSA) is 141 Å². The number of thiol groups is 1. The molecule has 0 fully saturated rings. The van der Waals surface area contributed by atoms with Gasteiger partial charge in [0.2, 0.25) is 0 Å². The summed E-state index contributed by atoms with van der Waals surface area (Å²) in [5.41, 5.74) is 0. The van der Waals surface area contributed by atoms with Gasteiger partial charge in [-0.3, -0.25) is 18.5 Å². The number of phosphoric acid groups is 2. The lowest BCUT2D eigenvalue weighted by molar-refractivity contribution is 0.0554. The summed E-state index contributed by atoms with van der Waals surface area (Å²) in [6.45, 7) is -0.503. The molecule has 150 valence electrons. The number of ether oxygens (including phenoxy) is 1. The molecule has 0 heterocycles. The van der Waals surface area contributed by atoms with E-state index in [0.717, 1.165) is 0 Å². The van der Waals surface area contributed by atoms with E-state index in [1.54, 1.807) is 0 Å². The largest absolute Gasteiger partial charge is 0.527 e. The van der Waals surface area contributed by atoms with Crippen LogP contribution in [0.15, 0.2) is 24.3 Å². The van der Waals surface area contributed by atoms with Gasteiger partial charge in [0.1, 0.15) is 11.5 Å². The summed E-state index contributed by atoms with van der Waals surface area (Å²) in [6.07, 6.45) is 0.512. The minimum Gasteiger partial charge on any atom is -0.508 e. The highest BCUT2D eigenvalue weighted by Crippen LogP contribution is 2.44. The number of benzene rings is 1. The zero-order chi connectivity index (χ0) is 19.5. The van der Waals surface area contributed by atoms with Gasteiger partial charge in [0.15, 0.2) is 0 Å². The predicted molar refractivity (Wildman–Crippen MR) is 95.5 cm³/mol. The lowest BCUT2D eigenvalue weighted by Crippen LogP contribution is -2.10. The van der Waals surface area contributed by atoms with Crippen LogP contribution in [0.3, 0.4) is 0 Å². The van der Waals surface area contributed by atoms with Crippen molar-refractivity contribution in [3.63, 3.8) is 0 Å². The maximum atomic E-state index is 11.7. The highest BCUT2D eigenvalue weighted by molar-refractivity contribution is 7.80. The van der Waals surface area contributed by atoms with Crippen molar-refractivity contribution in [2.45, 2.75) is 6.42 Å². The Morgan fingerprint density at radius 1 is 0.846 bits per heavy atom. The number of hydrogen-bond donors (Lipinski definition) is 4. The second kappa shape index (κ2) is 12.0. The van der Waals surface area contributed by atoms with Crippen LogP contribution in [0.25, 0.3) is 0 Å². The van der Waals surface area contributed by atoms with Gasteiger partial charge < -0.3 is 19.3 Å². The molecule has 0 aliphatic carbocycles. The molecule has 0 spiro atoms. The summed E-state index contributed by atoms with van der Waals surface area (Å²) >= 11 is 3.94. The SMILES string of the molecule is O=P(O)(OCCCS)OCCOCCOP(=O)(O)Oc1ccc(O)cc1. The Labute approximate surface area is 156 Å². The third-order valence-corrected chi connectivity index (χ3v) is 4.86. The quantitative estimate of drug-likeness (QED) is 0.197. The molecule has 0 saturated carbocycles. The molecular weight excluding hydrogens is 410 g/mol. The number of hydrogen-bond acceptors (Lipinski definition) is 9. The smallest absolute Gasteiger partial charge is 0.508 e. The summed E-state index contributed by atoms with van der Waals surface area (Å²) < 4.78 is 47.0.